The summed E-state index contributed by atoms with van der Waals surface area (Å²) in [5.41, 5.74) is 2.24. The standard InChI is InChI=1S/C20H22N4OS/c1-15(2)25-19-11-9-17(10-12-19)13-21-24-16(3)22-23-20(24)26-14-18-7-5-4-6-8-18/h4-13,15H,14H2,1-3H3/b21-13+. The molecule has 0 unspecified atom stereocenters. The Bertz CT molecular complexity index is 857. The van der Waals surface area contributed by atoms with Gasteiger partial charge in [-0.1, -0.05) is 42.1 Å². The van der Waals surface area contributed by atoms with Gasteiger partial charge < -0.3 is 4.74 Å². The molecule has 3 rings (SSSR count). The number of hydrogen-bond acceptors (Lipinski definition) is 5. The number of nitrogens with zero attached hydrogens (tertiary/aromatic N) is 4. The molecule has 3 aromatic rings. The second-order valence-corrected chi connectivity index (χ2v) is 7.04. The fourth-order valence-electron chi connectivity index (χ4n) is 2.31. The monoisotopic (exact) mass is 366 g/mol. The highest BCUT2D eigenvalue weighted by atomic mass is 32.2. The Morgan fingerprint density at radius 1 is 1.08 bits per heavy atom. The van der Waals surface area contributed by atoms with Gasteiger partial charge in [0.2, 0.25) is 5.16 Å². The maximum Gasteiger partial charge on any atom is 0.212 e. The van der Waals surface area contributed by atoms with Crippen molar-refractivity contribution in [1.82, 2.24) is 14.9 Å². The van der Waals surface area contributed by atoms with Gasteiger partial charge in [-0.3, -0.25) is 0 Å². The van der Waals surface area contributed by atoms with Gasteiger partial charge in [-0.05, 0) is 56.2 Å². The molecule has 0 saturated heterocycles. The molecule has 134 valence electrons. The molecule has 0 fully saturated rings. The third-order valence-electron chi connectivity index (χ3n) is 3.55. The zero-order valence-electron chi connectivity index (χ0n) is 15.2. The van der Waals surface area contributed by atoms with Gasteiger partial charge in [0.05, 0.1) is 12.3 Å². The SMILES string of the molecule is Cc1nnc(SCc2ccccc2)n1/N=C/c1ccc(OC(C)C)cc1. The van der Waals surface area contributed by atoms with Crippen molar-refractivity contribution in [3.05, 3.63) is 71.5 Å². The molecular formula is C20H22N4OS. The number of thioether (sulfide) groups is 1. The molecule has 0 amide bonds. The van der Waals surface area contributed by atoms with Crippen LogP contribution in [0.4, 0.5) is 0 Å². The van der Waals surface area contributed by atoms with Crippen molar-refractivity contribution in [3.63, 3.8) is 0 Å². The molecule has 0 aliphatic rings. The van der Waals surface area contributed by atoms with Crippen LogP contribution in [-0.4, -0.2) is 27.2 Å². The molecule has 26 heavy (non-hydrogen) atoms. The lowest BCUT2D eigenvalue weighted by atomic mass is 10.2. The van der Waals surface area contributed by atoms with Gasteiger partial charge in [0, 0.05) is 5.75 Å². The Morgan fingerprint density at radius 3 is 2.50 bits per heavy atom. The number of hydrogen-bond donors (Lipinski definition) is 0. The van der Waals surface area contributed by atoms with Crippen molar-refractivity contribution in [2.24, 2.45) is 5.10 Å². The number of ether oxygens (including phenoxy) is 1. The van der Waals surface area contributed by atoms with E-state index in [1.807, 2.05) is 69.5 Å². The third-order valence-corrected chi connectivity index (χ3v) is 4.54. The lowest BCUT2D eigenvalue weighted by molar-refractivity contribution is 0.242. The van der Waals surface area contributed by atoms with Crippen molar-refractivity contribution < 1.29 is 4.74 Å². The molecule has 0 spiro atoms. The number of benzene rings is 2. The second kappa shape index (κ2) is 8.67. The molecule has 0 atom stereocenters. The van der Waals surface area contributed by atoms with E-state index in [1.54, 1.807) is 16.4 Å². The van der Waals surface area contributed by atoms with Crippen molar-refractivity contribution in [2.45, 2.75) is 37.8 Å². The molecule has 0 bridgehead atoms. The highest BCUT2D eigenvalue weighted by molar-refractivity contribution is 7.98. The molecule has 6 heteroatoms. The molecule has 0 aliphatic heterocycles. The second-order valence-electron chi connectivity index (χ2n) is 6.10. The molecule has 2 aromatic carbocycles. The zero-order valence-corrected chi connectivity index (χ0v) is 16.0. The van der Waals surface area contributed by atoms with Gasteiger partial charge in [-0.15, -0.1) is 10.2 Å². The van der Waals surface area contributed by atoms with Crippen LogP contribution in [0.25, 0.3) is 0 Å². The Morgan fingerprint density at radius 2 is 1.81 bits per heavy atom. The summed E-state index contributed by atoms with van der Waals surface area (Å²) in [6.07, 6.45) is 1.97. The first-order chi connectivity index (χ1) is 12.6. The van der Waals surface area contributed by atoms with Crippen LogP contribution < -0.4 is 4.74 Å². The van der Waals surface area contributed by atoms with Crippen LogP contribution in [0.3, 0.4) is 0 Å². The summed E-state index contributed by atoms with van der Waals surface area (Å²) in [7, 11) is 0. The third kappa shape index (κ3) is 4.95. The predicted molar refractivity (Wildman–Crippen MR) is 106 cm³/mol. The van der Waals surface area contributed by atoms with E-state index < -0.39 is 0 Å². The molecule has 0 aliphatic carbocycles. The van der Waals surface area contributed by atoms with E-state index in [2.05, 4.69) is 27.4 Å². The summed E-state index contributed by atoms with van der Waals surface area (Å²) in [6.45, 7) is 5.92. The maximum absolute atomic E-state index is 5.66. The summed E-state index contributed by atoms with van der Waals surface area (Å²) >= 11 is 1.62. The normalized spacial score (nSPS) is 11.4. The van der Waals surface area contributed by atoms with E-state index in [1.165, 1.54) is 5.56 Å². The minimum Gasteiger partial charge on any atom is -0.491 e. The van der Waals surface area contributed by atoms with Crippen LogP contribution in [0.1, 0.15) is 30.8 Å². The fraction of sp³-hybridized carbons (Fsp3) is 0.250. The number of aryl methyl sites for hydroxylation is 1. The van der Waals surface area contributed by atoms with Gasteiger partial charge in [0.1, 0.15) is 5.75 Å². The first-order valence-corrected chi connectivity index (χ1v) is 9.50. The summed E-state index contributed by atoms with van der Waals surface area (Å²) in [6, 6.07) is 18.2. The van der Waals surface area contributed by atoms with E-state index in [-0.39, 0.29) is 6.10 Å². The van der Waals surface area contributed by atoms with Crippen LogP contribution in [0, 0.1) is 6.92 Å². The first kappa shape index (κ1) is 18.2. The lowest BCUT2D eigenvalue weighted by Crippen LogP contribution is -2.05. The molecule has 0 radical (unpaired) electrons. The minimum atomic E-state index is 0.165. The summed E-state index contributed by atoms with van der Waals surface area (Å²) in [5, 5.41) is 13.7. The van der Waals surface area contributed by atoms with Gasteiger partial charge >= 0.3 is 0 Å². The lowest BCUT2D eigenvalue weighted by Gasteiger charge is -2.09. The first-order valence-electron chi connectivity index (χ1n) is 8.51. The molecule has 5 nitrogen and oxygen atoms in total. The average Bonchev–Trinajstić information content (AvgIpc) is 2.99. The molecule has 1 heterocycles. The van der Waals surface area contributed by atoms with Gasteiger partial charge in [0.15, 0.2) is 5.82 Å². The van der Waals surface area contributed by atoms with Crippen molar-refractivity contribution >= 4 is 18.0 Å². The summed E-state index contributed by atoms with van der Waals surface area (Å²) < 4.78 is 7.43. The van der Waals surface area contributed by atoms with E-state index in [0.717, 1.165) is 28.0 Å². The maximum atomic E-state index is 5.66. The molecule has 0 N–H and O–H groups in total. The van der Waals surface area contributed by atoms with Crippen LogP contribution in [0.5, 0.6) is 5.75 Å². The average molecular weight is 366 g/mol. The van der Waals surface area contributed by atoms with E-state index in [9.17, 15) is 0 Å². The highest BCUT2D eigenvalue weighted by Crippen LogP contribution is 2.21. The highest BCUT2D eigenvalue weighted by Gasteiger charge is 2.08. The van der Waals surface area contributed by atoms with Gasteiger partial charge in [-0.25, -0.2) is 0 Å². The quantitative estimate of drug-likeness (QED) is 0.455. The predicted octanol–water partition coefficient (Wildman–Crippen LogP) is 4.55. The van der Waals surface area contributed by atoms with Crippen molar-refractivity contribution in [3.8, 4) is 5.75 Å². The van der Waals surface area contributed by atoms with Crippen LogP contribution >= 0.6 is 11.8 Å². The largest absolute Gasteiger partial charge is 0.491 e. The van der Waals surface area contributed by atoms with Gasteiger partial charge in [0.25, 0.3) is 0 Å². The summed E-state index contributed by atoms with van der Waals surface area (Å²) in [4.78, 5) is 0. The van der Waals surface area contributed by atoms with Crippen LogP contribution in [0.2, 0.25) is 0 Å². The van der Waals surface area contributed by atoms with E-state index in [0.29, 0.717) is 0 Å². The Labute approximate surface area is 158 Å². The Kier molecular flexibility index (Phi) is 6.07. The minimum absolute atomic E-state index is 0.165. The Hall–Kier alpha value is -2.60. The van der Waals surface area contributed by atoms with E-state index >= 15 is 0 Å². The number of rotatable bonds is 7. The van der Waals surface area contributed by atoms with Crippen molar-refractivity contribution in [1.29, 1.82) is 0 Å². The van der Waals surface area contributed by atoms with Crippen LogP contribution in [-0.2, 0) is 5.75 Å². The van der Waals surface area contributed by atoms with Crippen molar-refractivity contribution in [2.75, 3.05) is 0 Å². The van der Waals surface area contributed by atoms with Gasteiger partial charge in [-0.2, -0.15) is 9.78 Å². The fourth-order valence-corrected chi connectivity index (χ4v) is 3.20. The van der Waals surface area contributed by atoms with Crippen LogP contribution in [0.15, 0.2) is 64.9 Å². The van der Waals surface area contributed by atoms with E-state index in [4.69, 9.17) is 4.74 Å². The summed E-state index contributed by atoms with van der Waals surface area (Å²) in [5.74, 6) is 2.45. The molecule has 0 saturated carbocycles. The Balaban J connectivity index is 1.69. The zero-order chi connectivity index (χ0) is 18.4. The molecule has 1 aromatic heterocycles. The smallest absolute Gasteiger partial charge is 0.212 e. The molecular weight excluding hydrogens is 344 g/mol. The number of aromatic nitrogens is 3. The topological polar surface area (TPSA) is 52.3 Å².